The van der Waals surface area contributed by atoms with Gasteiger partial charge in [0.2, 0.25) is 0 Å². The van der Waals surface area contributed by atoms with Crippen molar-refractivity contribution in [2.75, 3.05) is 24.5 Å². The number of aromatic nitrogens is 4. The molecule has 1 fully saturated rings. The molecule has 3 aromatic heterocycles. The second-order valence-electron chi connectivity index (χ2n) is 5.86. The van der Waals surface area contributed by atoms with Crippen LogP contribution in [0.2, 0.25) is 0 Å². The standard InChI is InChI=1S/C17H20N6/c1-2-12-11-23(10-9-18-12)15-7-3-6-14(20-15)16-13-5-4-8-19-17(13)22-21-16/h3-8,12,18H,2,9-11H2,1H3,(H,19,21,22)/t12-/m1/s1. The van der Waals surface area contributed by atoms with Gasteiger partial charge in [0.1, 0.15) is 11.5 Å². The summed E-state index contributed by atoms with van der Waals surface area (Å²) in [5.74, 6) is 1.02. The maximum absolute atomic E-state index is 4.85. The number of rotatable bonds is 3. The Kier molecular flexibility index (Phi) is 3.67. The predicted molar refractivity (Wildman–Crippen MR) is 91.4 cm³/mol. The summed E-state index contributed by atoms with van der Waals surface area (Å²) in [5, 5.41) is 11.9. The second kappa shape index (κ2) is 5.96. The summed E-state index contributed by atoms with van der Waals surface area (Å²) in [6.45, 7) is 5.19. The van der Waals surface area contributed by atoms with E-state index in [4.69, 9.17) is 4.98 Å². The number of anilines is 1. The van der Waals surface area contributed by atoms with Crippen molar-refractivity contribution in [3.05, 3.63) is 36.5 Å². The lowest BCUT2D eigenvalue weighted by Gasteiger charge is -2.34. The fourth-order valence-corrected chi connectivity index (χ4v) is 3.09. The number of hydrogen-bond acceptors (Lipinski definition) is 5. The summed E-state index contributed by atoms with van der Waals surface area (Å²) in [5.41, 5.74) is 2.54. The highest BCUT2D eigenvalue weighted by Crippen LogP contribution is 2.25. The summed E-state index contributed by atoms with van der Waals surface area (Å²) < 4.78 is 0. The van der Waals surface area contributed by atoms with Crippen LogP contribution in [0.5, 0.6) is 0 Å². The molecule has 1 aliphatic heterocycles. The Bertz CT molecular complexity index is 811. The van der Waals surface area contributed by atoms with Crippen molar-refractivity contribution >= 4 is 16.9 Å². The van der Waals surface area contributed by atoms with Crippen LogP contribution in [0.15, 0.2) is 36.5 Å². The van der Waals surface area contributed by atoms with Crippen molar-refractivity contribution in [3.63, 3.8) is 0 Å². The second-order valence-corrected chi connectivity index (χ2v) is 5.86. The molecule has 6 heteroatoms. The van der Waals surface area contributed by atoms with Gasteiger partial charge in [0.05, 0.1) is 5.69 Å². The van der Waals surface area contributed by atoms with E-state index in [-0.39, 0.29) is 0 Å². The zero-order chi connectivity index (χ0) is 15.6. The van der Waals surface area contributed by atoms with Crippen LogP contribution in [0.4, 0.5) is 5.82 Å². The van der Waals surface area contributed by atoms with E-state index in [1.165, 1.54) is 0 Å². The van der Waals surface area contributed by atoms with Crippen LogP contribution in [0.25, 0.3) is 22.4 Å². The van der Waals surface area contributed by atoms with Gasteiger partial charge in [-0.1, -0.05) is 13.0 Å². The van der Waals surface area contributed by atoms with E-state index >= 15 is 0 Å². The molecular weight excluding hydrogens is 288 g/mol. The van der Waals surface area contributed by atoms with E-state index in [1.54, 1.807) is 6.20 Å². The van der Waals surface area contributed by atoms with E-state index in [1.807, 2.05) is 18.2 Å². The maximum Gasteiger partial charge on any atom is 0.155 e. The molecule has 0 radical (unpaired) electrons. The molecule has 118 valence electrons. The molecule has 0 amide bonds. The minimum absolute atomic E-state index is 0.532. The lowest BCUT2D eigenvalue weighted by Crippen LogP contribution is -2.50. The molecule has 4 heterocycles. The van der Waals surface area contributed by atoms with E-state index in [9.17, 15) is 0 Å². The highest BCUT2D eigenvalue weighted by Gasteiger charge is 2.19. The normalized spacial score (nSPS) is 18.5. The van der Waals surface area contributed by atoms with Crippen molar-refractivity contribution in [3.8, 4) is 11.4 Å². The summed E-state index contributed by atoms with van der Waals surface area (Å²) in [4.78, 5) is 11.5. The molecule has 1 atom stereocenters. The Balaban J connectivity index is 1.69. The van der Waals surface area contributed by atoms with Crippen LogP contribution < -0.4 is 10.2 Å². The molecule has 4 rings (SSSR count). The van der Waals surface area contributed by atoms with Gasteiger partial charge in [-0.25, -0.2) is 9.97 Å². The first-order chi connectivity index (χ1) is 11.3. The number of nitrogens with one attached hydrogen (secondary N) is 2. The summed E-state index contributed by atoms with van der Waals surface area (Å²) in [7, 11) is 0. The van der Waals surface area contributed by atoms with Gasteiger partial charge in [0.25, 0.3) is 0 Å². The average molecular weight is 308 g/mol. The lowest BCUT2D eigenvalue weighted by atomic mass is 10.1. The van der Waals surface area contributed by atoms with E-state index in [0.29, 0.717) is 6.04 Å². The van der Waals surface area contributed by atoms with Gasteiger partial charge >= 0.3 is 0 Å². The van der Waals surface area contributed by atoms with Gasteiger partial charge in [-0.05, 0) is 30.7 Å². The number of fused-ring (bicyclic) bond motifs is 1. The maximum atomic E-state index is 4.85. The van der Waals surface area contributed by atoms with E-state index in [0.717, 1.165) is 54.3 Å². The number of nitrogens with zero attached hydrogens (tertiary/aromatic N) is 4. The zero-order valence-electron chi connectivity index (χ0n) is 13.2. The monoisotopic (exact) mass is 308 g/mol. The SMILES string of the molecule is CC[C@@H]1CN(c2cccc(-c3n[nH]c4ncccc34)n2)CCN1. The van der Waals surface area contributed by atoms with Crippen LogP contribution >= 0.6 is 0 Å². The molecule has 0 aliphatic carbocycles. The molecule has 1 aliphatic rings. The number of piperazine rings is 1. The van der Waals surface area contributed by atoms with Crippen molar-refractivity contribution < 1.29 is 0 Å². The quantitative estimate of drug-likeness (QED) is 0.776. The molecule has 0 spiro atoms. The smallest absolute Gasteiger partial charge is 0.155 e. The van der Waals surface area contributed by atoms with Crippen LogP contribution in [-0.2, 0) is 0 Å². The molecule has 0 saturated carbocycles. The number of aromatic amines is 1. The fraction of sp³-hybridized carbons (Fsp3) is 0.353. The molecule has 2 N–H and O–H groups in total. The van der Waals surface area contributed by atoms with Crippen molar-refractivity contribution in [1.29, 1.82) is 0 Å². The Morgan fingerprint density at radius 3 is 3.13 bits per heavy atom. The molecule has 0 bridgehead atoms. The van der Waals surface area contributed by atoms with Crippen LogP contribution in [0.3, 0.4) is 0 Å². The van der Waals surface area contributed by atoms with E-state index in [2.05, 4.69) is 44.5 Å². The fourth-order valence-electron chi connectivity index (χ4n) is 3.09. The van der Waals surface area contributed by atoms with Gasteiger partial charge in [0, 0.05) is 37.3 Å². The minimum atomic E-state index is 0.532. The zero-order valence-corrected chi connectivity index (χ0v) is 13.2. The Hall–Kier alpha value is -2.47. The van der Waals surface area contributed by atoms with Crippen molar-refractivity contribution in [2.45, 2.75) is 19.4 Å². The first-order valence-electron chi connectivity index (χ1n) is 8.10. The summed E-state index contributed by atoms with van der Waals surface area (Å²) >= 11 is 0. The van der Waals surface area contributed by atoms with E-state index < -0.39 is 0 Å². The molecule has 0 aromatic carbocycles. The lowest BCUT2D eigenvalue weighted by molar-refractivity contribution is 0.445. The number of H-pyrrole nitrogens is 1. The van der Waals surface area contributed by atoms with Gasteiger partial charge < -0.3 is 10.2 Å². The van der Waals surface area contributed by atoms with Gasteiger partial charge in [-0.2, -0.15) is 5.10 Å². The molecule has 0 unspecified atom stereocenters. The third-order valence-corrected chi connectivity index (χ3v) is 4.39. The van der Waals surface area contributed by atoms with Gasteiger partial charge in [-0.3, -0.25) is 5.10 Å². The molecular formula is C17H20N6. The molecule has 1 saturated heterocycles. The van der Waals surface area contributed by atoms with Crippen molar-refractivity contribution in [2.24, 2.45) is 0 Å². The Morgan fingerprint density at radius 2 is 2.22 bits per heavy atom. The Morgan fingerprint density at radius 1 is 1.26 bits per heavy atom. The third kappa shape index (κ3) is 2.66. The van der Waals surface area contributed by atoms with Gasteiger partial charge in [0.15, 0.2) is 5.65 Å². The Labute approximate surface area is 135 Å². The van der Waals surface area contributed by atoms with Crippen LogP contribution in [0.1, 0.15) is 13.3 Å². The first kappa shape index (κ1) is 14.1. The van der Waals surface area contributed by atoms with Crippen LogP contribution in [-0.4, -0.2) is 45.8 Å². The largest absolute Gasteiger partial charge is 0.354 e. The first-order valence-corrected chi connectivity index (χ1v) is 8.10. The van der Waals surface area contributed by atoms with Crippen molar-refractivity contribution in [1.82, 2.24) is 25.5 Å². The topological polar surface area (TPSA) is 69.7 Å². The number of pyridine rings is 2. The van der Waals surface area contributed by atoms with Gasteiger partial charge in [-0.15, -0.1) is 0 Å². The molecule has 6 nitrogen and oxygen atoms in total. The van der Waals surface area contributed by atoms with Crippen LogP contribution in [0, 0.1) is 0 Å². The summed E-state index contributed by atoms with van der Waals surface area (Å²) in [6.07, 6.45) is 2.89. The summed E-state index contributed by atoms with van der Waals surface area (Å²) in [6, 6.07) is 10.6. The third-order valence-electron chi connectivity index (χ3n) is 4.39. The highest BCUT2D eigenvalue weighted by molar-refractivity contribution is 5.89. The molecule has 3 aromatic rings. The predicted octanol–water partition coefficient (Wildman–Crippen LogP) is 2.21. The minimum Gasteiger partial charge on any atom is -0.354 e. The molecule has 23 heavy (non-hydrogen) atoms. The highest BCUT2D eigenvalue weighted by atomic mass is 15.2. The number of hydrogen-bond donors (Lipinski definition) is 2. The average Bonchev–Trinajstić information content (AvgIpc) is 3.06.